The van der Waals surface area contributed by atoms with E-state index in [4.69, 9.17) is 4.74 Å². The fourth-order valence-corrected chi connectivity index (χ4v) is 5.50. The topological polar surface area (TPSA) is 96.0 Å². The van der Waals surface area contributed by atoms with Gasteiger partial charge in [-0.25, -0.2) is 8.42 Å². The molecule has 2 atom stereocenters. The van der Waals surface area contributed by atoms with E-state index in [-0.39, 0.29) is 23.4 Å². The molecular formula is C31H39N3O5S. The first-order valence-electron chi connectivity index (χ1n) is 13.5. The van der Waals surface area contributed by atoms with E-state index in [1.165, 1.54) is 17.0 Å². The van der Waals surface area contributed by atoms with Crippen molar-refractivity contribution in [1.29, 1.82) is 0 Å². The van der Waals surface area contributed by atoms with E-state index in [1.807, 2.05) is 52.0 Å². The van der Waals surface area contributed by atoms with Crippen LogP contribution in [0.5, 0.6) is 5.75 Å². The fraction of sp³-hybridized carbons (Fsp3) is 0.355. The van der Waals surface area contributed by atoms with E-state index in [0.717, 1.165) is 21.9 Å². The molecule has 9 heteroatoms. The van der Waals surface area contributed by atoms with E-state index in [1.54, 1.807) is 49.4 Å². The lowest BCUT2D eigenvalue weighted by Crippen LogP contribution is -2.52. The summed E-state index contributed by atoms with van der Waals surface area (Å²) in [6, 6.07) is 21.3. The highest BCUT2D eigenvalue weighted by Gasteiger charge is 2.32. The number of rotatable bonds is 13. The van der Waals surface area contributed by atoms with Crippen LogP contribution in [0.2, 0.25) is 0 Å². The molecule has 0 radical (unpaired) electrons. The normalized spacial score (nSPS) is 12.7. The summed E-state index contributed by atoms with van der Waals surface area (Å²) in [4.78, 5) is 28.6. The Hall–Kier alpha value is -3.85. The summed E-state index contributed by atoms with van der Waals surface area (Å²) in [5, 5.41) is 2.94. The largest absolute Gasteiger partial charge is 0.494 e. The van der Waals surface area contributed by atoms with Gasteiger partial charge in [-0.2, -0.15) is 0 Å². The molecule has 0 aliphatic carbocycles. The molecule has 214 valence electrons. The lowest BCUT2D eigenvalue weighted by Gasteiger charge is -2.32. The number of hydrogen-bond donors (Lipinski definition) is 1. The van der Waals surface area contributed by atoms with Crippen molar-refractivity contribution in [3.05, 3.63) is 90.0 Å². The molecule has 2 amide bonds. The molecule has 3 aromatic rings. The van der Waals surface area contributed by atoms with Crippen molar-refractivity contribution in [2.24, 2.45) is 0 Å². The Morgan fingerprint density at radius 1 is 0.900 bits per heavy atom. The van der Waals surface area contributed by atoms with Gasteiger partial charge in [0.25, 0.3) is 10.0 Å². The molecule has 0 spiro atoms. The van der Waals surface area contributed by atoms with Crippen LogP contribution in [0.3, 0.4) is 0 Å². The molecule has 0 fully saturated rings. The molecule has 0 aromatic heterocycles. The van der Waals surface area contributed by atoms with Crippen molar-refractivity contribution < 1.29 is 22.7 Å². The summed E-state index contributed by atoms with van der Waals surface area (Å²) in [6.07, 6.45) is 0.741. The van der Waals surface area contributed by atoms with E-state index >= 15 is 0 Å². The molecule has 0 heterocycles. The van der Waals surface area contributed by atoms with Crippen molar-refractivity contribution >= 4 is 27.5 Å². The molecule has 40 heavy (non-hydrogen) atoms. The van der Waals surface area contributed by atoms with Crippen LogP contribution in [0.15, 0.2) is 83.8 Å². The third kappa shape index (κ3) is 7.85. The third-order valence-corrected chi connectivity index (χ3v) is 8.48. The van der Waals surface area contributed by atoms with Gasteiger partial charge in [-0.3, -0.25) is 13.9 Å². The maximum atomic E-state index is 14.0. The number of aryl methyl sites for hydroxylation is 1. The van der Waals surface area contributed by atoms with Crippen LogP contribution in [-0.4, -0.2) is 50.4 Å². The fourth-order valence-electron chi connectivity index (χ4n) is 4.06. The molecule has 0 bridgehead atoms. The Kier molecular flexibility index (Phi) is 10.7. The summed E-state index contributed by atoms with van der Waals surface area (Å²) in [5.41, 5.74) is 2.22. The number of anilines is 1. The van der Waals surface area contributed by atoms with Crippen LogP contribution in [0.25, 0.3) is 0 Å². The first-order valence-corrected chi connectivity index (χ1v) is 15.0. The molecule has 0 aliphatic heterocycles. The van der Waals surface area contributed by atoms with Gasteiger partial charge < -0.3 is 15.0 Å². The third-order valence-electron chi connectivity index (χ3n) is 6.69. The van der Waals surface area contributed by atoms with Gasteiger partial charge in [-0.15, -0.1) is 0 Å². The maximum absolute atomic E-state index is 14.0. The molecule has 8 nitrogen and oxygen atoms in total. The number of carbonyl (C=O) groups excluding carboxylic acids is 2. The highest BCUT2D eigenvalue weighted by Crippen LogP contribution is 2.26. The molecule has 1 N–H and O–H groups in total. The monoisotopic (exact) mass is 565 g/mol. The number of hydrogen-bond acceptors (Lipinski definition) is 5. The minimum Gasteiger partial charge on any atom is -0.494 e. The number of nitrogens with zero attached hydrogens (tertiary/aromatic N) is 2. The first-order chi connectivity index (χ1) is 19.1. The second-order valence-corrected chi connectivity index (χ2v) is 11.6. The quantitative estimate of drug-likeness (QED) is 0.317. The minimum atomic E-state index is -4.11. The Morgan fingerprint density at radius 3 is 2.10 bits per heavy atom. The van der Waals surface area contributed by atoms with Gasteiger partial charge in [0.2, 0.25) is 11.8 Å². The standard InChI is InChI=1S/C31H39N3O5S/c1-6-24(4)32-31(36)25(5)33(21-26-15-13-23(3)14-16-26)30(35)22-34(27-17-19-28(20-18-27)39-7-2)40(37,38)29-11-9-8-10-12-29/h8-20,24-25H,6-7,21-22H2,1-5H3,(H,32,36). The molecule has 2 unspecified atom stereocenters. The number of ether oxygens (including phenoxy) is 1. The summed E-state index contributed by atoms with van der Waals surface area (Å²) in [6.45, 7) is 9.49. The molecule has 3 rings (SSSR count). The second-order valence-electron chi connectivity index (χ2n) is 9.75. The van der Waals surface area contributed by atoms with Gasteiger partial charge in [0, 0.05) is 12.6 Å². The highest BCUT2D eigenvalue weighted by atomic mass is 32.2. The Morgan fingerprint density at radius 2 is 1.52 bits per heavy atom. The van der Waals surface area contributed by atoms with Crippen LogP contribution in [0.1, 0.15) is 45.2 Å². The molecule has 3 aromatic carbocycles. The molecule has 0 saturated carbocycles. The summed E-state index contributed by atoms with van der Waals surface area (Å²) in [5.74, 6) is -0.208. The van der Waals surface area contributed by atoms with E-state index in [2.05, 4.69) is 5.32 Å². The van der Waals surface area contributed by atoms with Crippen LogP contribution < -0.4 is 14.4 Å². The lowest BCUT2D eigenvalue weighted by molar-refractivity contribution is -0.139. The van der Waals surface area contributed by atoms with Crippen molar-refractivity contribution in [2.75, 3.05) is 17.5 Å². The maximum Gasteiger partial charge on any atom is 0.264 e. The van der Waals surface area contributed by atoms with E-state index < -0.39 is 28.5 Å². The predicted octanol–water partition coefficient (Wildman–Crippen LogP) is 4.92. The minimum absolute atomic E-state index is 0.0596. The van der Waals surface area contributed by atoms with Gasteiger partial charge >= 0.3 is 0 Å². The van der Waals surface area contributed by atoms with Crippen LogP contribution in [0, 0.1) is 6.92 Å². The molecule has 0 aliphatic rings. The van der Waals surface area contributed by atoms with Crippen molar-refractivity contribution in [2.45, 2.75) is 64.6 Å². The predicted molar refractivity (Wildman–Crippen MR) is 158 cm³/mol. The highest BCUT2D eigenvalue weighted by molar-refractivity contribution is 7.92. The zero-order valence-corrected chi connectivity index (χ0v) is 24.6. The van der Waals surface area contributed by atoms with Gasteiger partial charge in [-0.05, 0) is 76.1 Å². The number of sulfonamides is 1. The van der Waals surface area contributed by atoms with Crippen molar-refractivity contribution in [3.63, 3.8) is 0 Å². The molecular weight excluding hydrogens is 526 g/mol. The van der Waals surface area contributed by atoms with Gasteiger partial charge in [0.1, 0.15) is 18.3 Å². The smallest absolute Gasteiger partial charge is 0.264 e. The average molecular weight is 566 g/mol. The molecule has 0 saturated heterocycles. The lowest BCUT2D eigenvalue weighted by atomic mass is 10.1. The Bertz CT molecular complexity index is 1360. The first kappa shape index (κ1) is 30.7. The summed E-state index contributed by atoms with van der Waals surface area (Å²) in [7, 11) is -4.11. The van der Waals surface area contributed by atoms with E-state index in [0.29, 0.717) is 18.0 Å². The van der Waals surface area contributed by atoms with Crippen molar-refractivity contribution in [1.82, 2.24) is 10.2 Å². The second kappa shape index (κ2) is 14.0. The van der Waals surface area contributed by atoms with Gasteiger partial charge in [0.15, 0.2) is 0 Å². The number of benzene rings is 3. The van der Waals surface area contributed by atoms with Gasteiger partial charge in [-0.1, -0.05) is 55.0 Å². The summed E-state index contributed by atoms with van der Waals surface area (Å²) < 4.78 is 34.3. The Balaban J connectivity index is 2.01. The average Bonchev–Trinajstić information content (AvgIpc) is 2.96. The van der Waals surface area contributed by atoms with E-state index in [9.17, 15) is 18.0 Å². The number of amides is 2. The van der Waals surface area contributed by atoms with Gasteiger partial charge in [0.05, 0.1) is 17.2 Å². The summed E-state index contributed by atoms with van der Waals surface area (Å²) >= 11 is 0. The Labute approximate surface area is 238 Å². The van der Waals surface area contributed by atoms with Crippen LogP contribution in [-0.2, 0) is 26.2 Å². The number of nitrogens with one attached hydrogen (secondary N) is 1. The number of carbonyl (C=O) groups is 2. The van der Waals surface area contributed by atoms with Crippen LogP contribution >= 0.6 is 0 Å². The SMILES string of the molecule is CCOc1ccc(N(CC(=O)N(Cc2ccc(C)cc2)C(C)C(=O)NC(C)CC)S(=O)(=O)c2ccccc2)cc1. The van der Waals surface area contributed by atoms with Crippen molar-refractivity contribution in [3.8, 4) is 5.75 Å². The zero-order chi connectivity index (χ0) is 29.3. The van der Waals surface area contributed by atoms with Crippen LogP contribution in [0.4, 0.5) is 5.69 Å². The zero-order valence-electron chi connectivity index (χ0n) is 23.8.